The van der Waals surface area contributed by atoms with Gasteiger partial charge in [0, 0.05) is 36.9 Å². The van der Waals surface area contributed by atoms with Crippen LogP contribution in [0.15, 0.2) is 24.3 Å². The number of anilines is 1. The van der Waals surface area contributed by atoms with Gasteiger partial charge < -0.3 is 15.2 Å². The molecular weight excluding hydrogens is 456 g/mol. The molecule has 0 aliphatic rings. The molecule has 2 aromatic carbocycles. The van der Waals surface area contributed by atoms with E-state index in [-0.39, 0.29) is 28.4 Å². The van der Waals surface area contributed by atoms with E-state index in [1.807, 2.05) is 0 Å². The Balaban J connectivity index is 0.000000242. The number of rotatable bonds is 5. The molecule has 0 amide bonds. The highest BCUT2D eigenvalue weighted by Gasteiger charge is 2.25. The zero-order valence-electron chi connectivity index (χ0n) is 19.0. The fourth-order valence-electron chi connectivity index (χ4n) is 3.20. The van der Waals surface area contributed by atoms with Crippen LogP contribution in [0.3, 0.4) is 0 Å². The number of carbonyl (C=O) groups is 1. The summed E-state index contributed by atoms with van der Waals surface area (Å²) in [5.74, 6) is -5.07. The van der Waals surface area contributed by atoms with Crippen LogP contribution >= 0.6 is 0 Å². The van der Waals surface area contributed by atoms with Crippen LogP contribution in [0.5, 0.6) is 11.5 Å². The zero-order chi connectivity index (χ0) is 25.7. The van der Waals surface area contributed by atoms with Gasteiger partial charge >= 0.3 is 0 Å². The maximum Gasteiger partial charge on any atom is 0.151 e. The molecule has 0 spiro atoms. The molecule has 0 saturated carbocycles. The van der Waals surface area contributed by atoms with Crippen molar-refractivity contribution in [3.05, 3.63) is 58.8 Å². The molecule has 3 rings (SSSR count). The maximum atomic E-state index is 13.9. The highest BCUT2D eigenvalue weighted by molar-refractivity contribution is 5.86. The summed E-state index contributed by atoms with van der Waals surface area (Å²) >= 11 is 0. The first-order valence-corrected chi connectivity index (χ1v) is 9.72. The number of methoxy groups -OCH3 is 2. The second-order valence-electron chi connectivity index (χ2n) is 7.11. The number of halogens is 4. The number of nitrogens with zero attached hydrogens (tertiary/aromatic N) is 3. The number of Topliss-reactive ketones (excluding diaryl/α,β-unsaturated/α-hetero) is 1. The lowest BCUT2D eigenvalue weighted by Crippen LogP contribution is -2.11. The van der Waals surface area contributed by atoms with Crippen LogP contribution in [-0.4, -0.2) is 29.8 Å². The number of nitrogens with two attached hydrogens (primary N) is 1. The van der Waals surface area contributed by atoms with Crippen molar-refractivity contribution in [3.8, 4) is 28.7 Å². The van der Waals surface area contributed by atoms with Gasteiger partial charge in [0.05, 0.1) is 37.1 Å². The van der Waals surface area contributed by atoms with Gasteiger partial charge in [0.1, 0.15) is 46.5 Å². The standard InChI is InChI=1S/C12H13F2N3O.C11H9F2NO2/c1-6-10(12(15)17(2)16-6)11-8(13)4-7(18-3)5-9(11)14;1-6(15)8(5-14)11-9(12)3-7(16-2)4-10(11)13/h4-5H,15H2,1-3H3;3-4,8H,1-2H3. The number of hydrogen-bond acceptors (Lipinski definition) is 6. The van der Waals surface area contributed by atoms with E-state index in [1.54, 1.807) is 20.0 Å². The van der Waals surface area contributed by atoms with Crippen LogP contribution < -0.4 is 15.2 Å². The molecule has 0 aliphatic carbocycles. The Morgan fingerprint density at radius 3 is 1.76 bits per heavy atom. The Labute approximate surface area is 193 Å². The summed E-state index contributed by atoms with van der Waals surface area (Å²) in [5, 5.41) is 12.7. The van der Waals surface area contributed by atoms with Gasteiger partial charge in [0.25, 0.3) is 0 Å². The highest BCUT2D eigenvalue weighted by atomic mass is 19.1. The molecule has 0 fully saturated rings. The molecule has 180 valence electrons. The summed E-state index contributed by atoms with van der Waals surface area (Å²) in [5.41, 5.74) is 5.81. The van der Waals surface area contributed by atoms with E-state index < -0.39 is 40.5 Å². The molecule has 1 unspecified atom stereocenters. The number of aryl methyl sites for hydroxylation is 2. The van der Waals surface area contributed by atoms with Crippen molar-refractivity contribution < 1.29 is 31.8 Å². The van der Waals surface area contributed by atoms with Gasteiger partial charge in [-0.05, 0) is 13.8 Å². The molecule has 1 atom stereocenters. The summed E-state index contributed by atoms with van der Waals surface area (Å²) < 4.78 is 65.7. The summed E-state index contributed by atoms with van der Waals surface area (Å²) in [7, 11) is 4.23. The number of benzene rings is 2. The molecule has 34 heavy (non-hydrogen) atoms. The maximum absolute atomic E-state index is 13.9. The second kappa shape index (κ2) is 10.7. The van der Waals surface area contributed by atoms with E-state index in [0.717, 1.165) is 31.2 Å². The average molecular weight is 478 g/mol. The molecule has 0 bridgehead atoms. The van der Waals surface area contributed by atoms with Crippen LogP contribution in [0.4, 0.5) is 23.4 Å². The first-order chi connectivity index (χ1) is 16.0. The molecule has 0 saturated heterocycles. The van der Waals surface area contributed by atoms with Crippen molar-refractivity contribution >= 4 is 11.6 Å². The van der Waals surface area contributed by atoms with Crippen molar-refractivity contribution in [1.29, 1.82) is 5.26 Å². The Morgan fingerprint density at radius 2 is 1.44 bits per heavy atom. The van der Waals surface area contributed by atoms with Gasteiger partial charge in [0.15, 0.2) is 5.78 Å². The molecule has 1 aromatic heterocycles. The second-order valence-corrected chi connectivity index (χ2v) is 7.11. The number of nitriles is 1. The molecular formula is C23H22F4N4O3. The van der Waals surface area contributed by atoms with Gasteiger partial charge in [-0.2, -0.15) is 10.4 Å². The Kier molecular flexibility index (Phi) is 8.24. The number of carbonyl (C=O) groups excluding carboxylic acids is 1. The molecule has 11 heteroatoms. The Hall–Kier alpha value is -4.07. The molecule has 3 aromatic rings. The predicted octanol–water partition coefficient (Wildman–Crippen LogP) is 4.43. The fourth-order valence-corrected chi connectivity index (χ4v) is 3.20. The lowest BCUT2D eigenvalue weighted by atomic mass is 9.96. The molecule has 1 heterocycles. The van der Waals surface area contributed by atoms with Gasteiger partial charge in [-0.25, -0.2) is 17.6 Å². The predicted molar refractivity (Wildman–Crippen MR) is 116 cm³/mol. The van der Waals surface area contributed by atoms with Crippen molar-refractivity contribution in [3.63, 3.8) is 0 Å². The highest BCUT2D eigenvalue weighted by Crippen LogP contribution is 2.35. The minimum atomic E-state index is -1.43. The lowest BCUT2D eigenvalue weighted by molar-refractivity contribution is -0.117. The van der Waals surface area contributed by atoms with Gasteiger partial charge in [-0.15, -0.1) is 0 Å². The van der Waals surface area contributed by atoms with E-state index in [4.69, 9.17) is 15.7 Å². The molecule has 2 N–H and O–H groups in total. The zero-order valence-corrected chi connectivity index (χ0v) is 19.0. The minimum Gasteiger partial charge on any atom is -0.497 e. The minimum absolute atomic E-state index is 0.000933. The average Bonchev–Trinajstić information content (AvgIpc) is 3.01. The largest absolute Gasteiger partial charge is 0.497 e. The smallest absolute Gasteiger partial charge is 0.151 e. The van der Waals surface area contributed by atoms with E-state index in [9.17, 15) is 22.4 Å². The van der Waals surface area contributed by atoms with E-state index >= 15 is 0 Å². The lowest BCUT2D eigenvalue weighted by Gasteiger charge is -2.10. The Morgan fingerprint density at radius 1 is 1.00 bits per heavy atom. The van der Waals surface area contributed by atoms with Gasteiger partial charge in [-0.3, -0.25) is 9.48 Å². The summed E-state index contributed by atoms with van der Waals surface area (Å²) in [6.07, 6.45) is 0. The molecule has 0 radical (unpaired) electrons. The van der Waals surface area contributed by atoms with Crippen LogP contribution in [0, 0.1) is 41.5 Å². The summed E-state index contributed by atoms with van der Waals surface area (Å²) in [4.78, 5) is 11.0. The van der Waals surface area contributed by atoms with Crippen LogP contribution in [-0.2, 0) is 11.8 Å². The number of nitrogen functional groups attached to an aromatic ring is 1. The third kappa shape index (κ3) is 5.28. The topological polar surface area (TPSA) is 103 Å². The Bertz CT molecular complexity index is 1220. The first-order valence-electron chi connectivity index (χ1n) is 9.72. The number of hydrogen-bond donors (Lipinski definition) is 1. The van der Waals surface area contributed by atoms with Gasteiger partial charge in [0.2, 0.25) is 0 Å². The fraction of sp³-hybridized carbons (Fsp3) is 0.261. The monoisotopic (exact) mass is 478 g/mol. The summed E-state index contributed by atoms with van der Waals surface area (Å²) in [6.45, 7) is 2.76. The van der Waals surface area contributed by atoms with Crippen molar-refractivity contribution in [2.45, 2.75) is 19.8 Å². The van der Waals surface area contributed by atoms with Crippen molar-refractivity contribution in [1.82, 2.24) is 9.78 Å². The first kappa shape index (κ1) is 26.2. The van der Waals surface area contributed by atoms with Crippen LogP contribution in [0.25, 0.3) is 11.1 Å². The normalized spacial score (nSPS) is 11.2. The third-order valence-electron chi connectivity index (χ3n) is 4.88. The van der Waals surface area contributed by atoms with Crippen molar-refractivity contribution in [2.24, 2.45) is 7.05 Å². The van der Waals surface area contributed by atoms with E-state index in [1.165, 1.54) is 18.9 Å². The number of ketones is 1. The quantitative estimate of drug-likeness (QED) is 0.544. The van der Waals surface area contributed by atoms with Crippen molar-refractivity contribution in [2.75, 3.05) is 20.0 Å². The molecule has 7 nitrogen and oxygen atoms in total. The van der Waals surface area contributed by atoms with Crippen LogP contribution in [0.1, 0.15) is 24.1 Å². The van der Waals surface area contributed by atoms with Crippen LogP contribution in [0.2, 0.25) is 0 Å². The number of aromatic nitrogens is 2. The third-order valence-corrected chi connectivity index (χ3v) is 4.88. The van der Waals surface area contributed by atoms with Gasteiger partial charge in [-0.1, -0.05) is 0 Å². The van der Waals surface area contributed by atoms with E-state index in [2.05, 4.69) is 9.84 Å². The summed E-state index contributed by atoms with van der Waals surface area (Å²) in [6, 6.07) is 5.67. The SMILES string of the molecule is COc1cc(F)c(-c2c(C)nn(C)c2N)c(F)c1.COc1cc(F)c(C(C#N)C(C)=O)c(F)c1. The van der Waals surface area contributed by atoms with E-state index in [0.29, 0.717) is 5.69 Å². The number of ether oxygens (including phenoxy) is 2. The molecule has 0 aliphatic heterocycles.